The summed E-state index contributed by atoms with van der Waals surface area (Å²) in [5, 5.41) is 14.6. The monoisotopic (exact) mass is 345 g/mol. The molecule has 0 saturated carbocycles. The Morgan fingerprint density at radius 1 is 1.36 bits per heavy atom. The van der Waals surface area contributed by atoms with Crippen LogP contribution in [0.1, 0.15) is 60.8 Å². The maximum atomic E-state index is 11.9. The van der Waals surface area contributed by atoms with Gasteiger partial charge in [-0.25, -0.2) is 14.5 Å². The molecule has 3 rings (SSSR count). The summed E-state index contributed by atoms with van der Waals surface area (Å²) in [5.74, 6) is 0.0191. The zero-order valence-electron chi connectivity index (χ0n) is 14.5. The van der Waals surface area contributed by atoms with Gasteiger partial charge >= 0.3 is 5.97 Å². The summed E-state index contributed by atoms with van der Waals surface area (Å²) in [6.45, 7) is 4.34. The number of esters is 1. The van der Waals surface area contributed by atoms with Crippen LogP contribution in [0.15, 0.2) is 30.3 Å². The van der Waals surface area contributed by atoms with Crippen molar-refractivity contribution < 1.29 is 19.4 Å². The first kappa shape index (κ1) is 17.6. The van der Waals surface area contributed by atoms with E-state index in [1.807, 2.05) is 37.3 Å². The molecular formula is C18H23N3O4. The molecule has 0 fully saturated rings. The molecule has 0 saturated heterocycles. The van der Waals surface area contributed by atoms with Crippen molar-refractivity contribution in [1.29, 1.82) is 0 Å². The van der Waals surface area contributed by atoms with Crippen LogP contribution in [0.25, 0.3) is 0 Å². The van der Waals surface area contributed by atoms with Crippen LogP contribution in [0, 0.1) is 0 Å². The Bertz CT molecular complexity index is 716. The van der Waals surface area contributed by atoms with E-state index in [9.17, 15) is 9.90 Å². The first-order chi connectivity index (χ1) is 12.1. The first-order valence-electron chi connectivity index (χ1n) is 8.61. The molecule has 2 heterocycles. The number of hydrogen-bond donors (Lipinski definition) is 1. The number of benzene rings is 1. The predicted octanol–water partition coefficient (Wildman–Crippen LogP) is 2.43. The second-order valence-corrected chi connectivity index (χ2v) is 6.02. The van der Waals surface area contributed by atoms with Crippen molar-refractivity contribution in [3.8, 4) is 0 Å². The molecule has 0 radical (unpaired) electrons. The van der Waals surface area contributed by atoms with E-state index in [1.54, 1.807) is 11.6 Å². The van der Waals surface area contributed by atoms with Crippen LogP contribution in [-0.4, -0.2) is 38.6 Å². The van der Waals surface area contributed by atoms with E-state index in [4.69, 9.17) is 9.47 Å². The first-order valence-corrected chi connectivity index (χ1v) is 8.61. The Labute approximate surface area is 146 Å². The van der Waals surface area contributed by atoms with E-state index in [0.29, 0.717) is 25.3 Å². The average molecular weight is 345 g/mol. The van der Waals surface area contributed by atoms with E-state index in [0.717, 1.165) is 5.56 Å². The molecule has 7 heteroatoms. The SMILES string of the molecule is CCOC(=O)c1nc2n(n1)C(C(O)CC)CC2OCc1ccccc1. The number of aromatic nitrogens is 3. The minimum absolute atomic E-state index is 0.0122. The van der Waals surface area contributed by atoms with Gasteiger partial charge in [0.15, 0.2) is 5.82 Å². The lowest BCUT2D eigenvalue weighted by Crippen LogP contribution is -2.22. The van der Waals surface area contributed by atoms with Crippen molar-refractivity contribution in [2.45, 2.75) is 51.5 Å². The van der Waals surface area contributed by atoms with Gasteiger partial charge < -0.3 is 14.6 Å². The van der Waals surface area contributed by atoms with Gasteiger partial charge in [-0.3, -0.25) is 0 Å². The van der Waals surface area contributed by atoms with Gasteiger partial charge in [-0.1, -0.05) is 37.3 Å². The zero-order valence-corrected chi connectivity index (χ0v) is 14.5. The molecule has 25 heavy (non-hydrogen) atoms. The van der Waals surface area contributed by atoms with Gasteiger partial charge in [-0.15, -0.1) is 5.10 Å². The Morgan fingerprint density at radius 3 is 2.80 bits per heavy atom. The lowest BCUT2D eigenvalue weighted by molar-refractivity contribution is 0.0226. The van der Waals surface area contributed by atoms with Gasteiger partial charge in [-0.2, -0.15) is 0 Å². The molecule has 1 aromatic carbocycles. The number of aliphatic hydroxyl groups excluding tert-OH is 1. The molecule has 3 unspecified atom stereocenters. The van der Waals surface area contributed by atoms with Crippen molar-refractivity contribution in [1.82, 2.24) is 14.8 Å². The van der Waals surface area contributed by atoms with Gasteiger partial charge in [0.2, 0.25) is 0 Å². The number of carbonyl (C=O) groups excluding carboxylic acids is 1. The quantitative estimate of drug-likeness (QED) is 0.776. The fourth-order valence-corrected chi connectivity index (χ4v) is 3.01. The summed E-state index contributed by atoms with van der Waals surface area (Å²) < 4.78 is 12.6. The summed E-state index contributed by atoms with van der Waals surface area (Å²) in [7, 11) is 0. The molecule has 0 amide bonds. The van der Waals surface area contributed by atoms with Crippen molar-refractivity contribution in [3.63, 3.8) is 0 Å². The van der Waals surface area contributed by atoms with Gasteiger partial charge in [0, 0.05) is 6.42 Å². The zero-order chi connectivity index (χ0) is 17.8. The molecular weight excluding hydrogens is 322 g/mol. The fraction of sp³-hybridized carbons (Fsp3) is 0.500. The molecule has 1 aliphatic heterocycles. The summed E-state index contributed by atoms with van der Waals surface area (Å²) in [5.41, 5.74) is 1.05. The summed E-state index contributed by atoms with van der Waals surface area (Å²) in [6.07, 6.45) is 0.285. The maximum Gasteiger partial charge on any atom is 0.378 e. The van der Waals surface area contributed by atoms with E-state index in [1.165, 1.54) is 0 Å². The van der Waals surface area contributed by atoms with Gasteiger partial charge in [0.1, 0.15) is 6.10 Å². The second kappa shape index (κ2) is 7.76. The van der Waals surface area contributed by atoms with Gasteiger partial charge in [0.25, 0.3) is 5.82 Å². The highest BCUT2D eigenvalue weighted by Gasteiger charge is 2.39. The van der Waals surface area contributed by atoms with Gasteiger partial charge in [0.05, 0.1) is 25.4 Å². The largest absolute Gasteiger partial charge is 0.460 e. The number of ether oxygens (including phenoxy) is 2. The highest BCUT2D eigenvalue weighted by Crippen LogP contribution is 2.38. The van der Waals surface area contributed by atoms with Crippen LogP contribution >= 0.6 is 0 Å². The third kappa shape index (κ3) is 3.72. The average Bonchev–Trinajstić information content (AvgIpc) is 3.20. The second-order valence-electron chi connectivity index (χ2n) is 6.02. The highest BCUT2D eigenvalue weighted by molar-refractivity contribution is 5.85. The van der Waals surface area contributed by atoms with Crippen LogP contribution in [-0.2, 0) is 16.1 Å². The molecule has 1 N–H and O–H groups in total. The number of fused-ring (bicyclic) bond motifs is 1. The van der Waals surface area contributed by atoms with Crippen molar-refractivity contribution >= 4 is 5.97 Å². The molecule has 0 bridgehead atoms. The van der Waals surface area contributed by atoms with Crippen molar-refractivity contribution in [2.24, 2.45) is 0 Å². The standard InChI is InChI=1S/C18H23N3O4/c1-3-14(22)13-10-15(25-11-12-8-6-5-7-9-12)17-19-16(20-21(13)17)18(23)24-4-2/h5-9,13-15,22H,3-4,10-11H2,1-2H3. The minimum Gasteiger partial charge on any atom is -0.460 e. The van der Waals surface area contributed by atoms with E-state index in [2.05, 4.69) is 10.1 Å². The van der Waals surface area contributed by atoms with Crippen LogP contribution < -0.4 is 0 Å². The lowest BCUT2D eigenvalue weighted by atomic mass is 10.1. The van der Waals surface area contributed by atoms with Crippen molar-refractivity contribution in [2.75, 3.05) is 6.61 Å². The predicted molar refractivity (Wildman–Crippen MR) is 89.9 cm³/mol. The Balaban J connectivity index is 1.80. The number of nitrogens with zero attached hydrogens (tertiary/aromatic N) is 3. The minimum atomic E-state index is -0.569. The molecule has 1 aliphatic rings. The molecule has 2 aromatic rings. The third-order valence-electron chi connectivity index (χ3n) is 4.33. The molecule has 7 nitrogen and oxygen atoms in total. The summed E-state index contributed by atoms with van der Waals surface area (Å²) in [6, 6.07) is 9.59. The molecule has 1 aromatic heterocycles. The number of aliphatic hydroxyl groups is 1. The third-order valence-corrected chi connectivity index (χ3v) is 4.33. The Morgan fingerprint density at radius 2 is 2.12 bits per heavy atom. The Hall–Kier alpha value is -2.25. The number of carbonyl (C=O) groups is 1. The fourth-order valence-electron chi connectivity index (χ4n) is 3.01. The van der Waals surface area contributed by atoms with Crippen LogP contribution in [0.4, 0.5) is 0 Å². The number of rotatable bonds is 7. The molecule has 0 aliphatic carbocycles. The Kier molecular flexibility index (Phi) is 5.45. The highest BCUT2D eigenvalue weighted by atomic mass is 16.5. The van der Waals surface area contributed by atoms with Gasteiger partial charge in [-0.05, 0) is 18.9 Å². The van der Waals surface area contributed by atoms with E-state index >= 15 is 0 Å². The topological polar surface area (TPSA) is 86.5 Å². The number of hydrogen-bond acceptors (Lipinski definition) is 6. The molecule has 0 spiro atoms. The lowest BCUT2D eigenvalue weighted by Gasteiger charge is -2.17. The smallest absolute Gasteiger partial charge is 0.378 e. The summed E-state index contributed by atoms with van der Waals surface area (Å²) >= 11 is 0. The van der Waals surface area contributed by atoms with Crippen LogP contribution in [0.5, 0.6) is 0 Å². The van der Waals surface area contributed by atoms with E-state index < -0.39 is 12.1 Å². The van der Waals surface area contributed by atoms with Crippen LogP contribution in [0.2, 0.25) is 0 Å². The molecule has 3 atom stereocenters. The maximum absolute atomic E-state index is 11.9. The normalized spacial score (nSPS) is 20.3. The van der Waals surface area contributed by atoms with E-state index in [-0.39, 0.29) is 24.6 Å². The van der Waals surface area contributed by atoms with Crippen LogP contribution in [0.3, 0.4) is 0 Å². The van der Waals surface area contributed by atoms with Crippen molar-refractivity contribution in [3.05, 3.63) is 47.5 Å². The molecule has 134 valence electrons. The summed E-state index contributed by atoms with van der Waals surface area (Å²) in [4.78, 5) is 16.2.